The first-order valence-electron chi connectivity index (χ1n) is 7.73. The minimum atomic E-state index is -3.37. The summed E-state index contributed by atoms with van der Waals surface area (Å²) in [6.07, 6.45) is 4.69. The maximum absolute atomic E-state index is 12.7. The summed E-state index contributed by atoms with van der Waals surface area (Å²) in [5.41, 5.74) is 0.978. The Labute approximate surface area is 128 Å². The van der Waals surface area contributed by atoms with Gasteiger partial charge in [-0.2, -0.15) is 4.31 Å². The predicted molar refractivity (Wildman–Crippen MR) is 84.6 cm³/mol. The van der Waals surface area contributed by atoms with Crippen LogP contribution in [0.25, 0.3) is 0 Å². The lowest BCUT2D eigenvalue weighted by Crippen LogP contribution is -2.43. The fourth-order valence-electron chi connectivity index (χ4n) is 2.79. The second-order valence-electron chi connectivity index (χ2n) is 6.64. The Morgan fingerprint density at radius 2 is 2.19 bits per heavy atom. The first-order chi connectivity index (χ1) is 9.85. The van der Waals surface area contributed by atoms with E-state index in [2.05, 4.69) is 31.1 Å². The zero-order valence-electron chi connectivity index (χ0n) is 13.3. The fraction of sp³-hybridized carbons (Fsp3) is 0.733. The molecule has 5 nitrogen and oxygen atoms in total. The van der Waals surface area contributed by atoms with Crippen molar-refractivity contribution in [3.05, 3.63) is 18.0 Å². The monoisotopic (exact) mass is 313 g/mol. The molecule has 2 rings (SSSR count). The van der Waals surface area contributed by atoms with Gasteiger partial charge in [0.15, 0.2) is 0 Å². The van der Waals surface area contributed by atoms with Crippen LogP contribution < -0.4 is 5.32 Å². The molecule has 1 aliphatic rings. The summed E-state index contributed by atoms with van der Waals surface area (Å²) in [5, 5.41) is 3.27. The van der Waals surface area contributed by atoms with Crippen molar-refractivity contribution in [1.82, 2.24) is 14.6 Å². The van der Waals surface area contributed by atoms with Gasteiger partial charge >= 0.3 is 0 Å². The maximum atomic E-state index is 12.7. The molecule has 0 saturated carbocycles. The van der Waals surface area contributed by atoms with Crippen molar-refractivity contribution in [1.29, 1.82) is 0 Å². The lowest BCUT2D eigenvalue weighted by molar-refractivity contribution is 0.187. The van der Waals surface area contributed by atoms with Gasteiger partial charge in [0.1, 0.15) is 0 Å². The number of nitrogens with one attached hydrogen (secondary N) is 2. The molecule has 1 aliphatic heterocycles. The zero-order valence-corrected chi connectivity index (χ0v) is 14.1. The Morgan fingerprint density at radius 3 is 2.86 bits per heavy atom. The lowest BCUT2D eigenvalue weighted by Gasteiger charge is -2.36. The second-order valence-corrected chi connectivity index (χ2v) is 8.58. The highest BCUT2D eigenvalue weighted by atomic mass is 32.2. The largest absolute Gasteiger partial charge is 0.363 e. The summed E-state index contributed by atoms with van der Waals surface area (Å²) in [6, 6.07) is 1.75. The molecule has 6 heteroatoms. The van der Waals surface area contributed by atoms with Gasteiger partial charge < -0.3 is 10.3 Å². The van der Waals surface area contributed by atoms with Crippen LogP contribution in [0.1, 0.15) is 45.7 Å². The van der Waals surface area contributed by atoms with Gasteiger partial charge in [-0.3, -0.25) is 0 Å². The summed E-state index contributed by atoms with van der Waals surface area (Å²) < 4.78 is 27.0. The standard InChI is InChI=1S/C15H27N3O2S/c1-4-7-16-10-13-9-14(11-17-13)21(19,20)18-8-5-6-15(2,3)12-18/h9,11,16-17H,4-8,10,12H2,1-3H3. The van der Waals surface area contributed by atoms with E-state index in [1.165, 1.54) is 0 Å². The molecule has 1 aromatic rings. The van der Waals surface area contributed by atoms with Gasteiger partial charge in [-0.1, -0.05) is 20.8 Å². The van der Waals surface area contributed by atoms with E-state index in [-0.39, 0.29) is 5.41 Å². The van der Waals surface area contributed by atoms with Crippen molar-refractivity contribution >= 4 is 10.0 Å². The van der Waals surface area contributed by atoms with E-state index in [4.69, 9.17) is 0 Å². The topological polar surface area (TPSA) is 65.2 Å². The molecule has 120 valence electrons. The van der Waals surface area contributed by atoms with Gasteiger partial charge in [-0.05, 0) is 37.3 Å². The Bertz CT molecular complexity index is 563. The molecule has 0 amide bonds. The van der Waals surface area contributed by atoms with Crippen LogP contribution in [-0.4, -0.2) is 37.3 Å². The summed E-state index contributed by atoms with van der Waals surface area (Å²) in [6.45, 7) is 9.20. The van der Waals surface area contributed by atoms with Crippen LogP contribution in [-0.2, 0) is 16.6 Å². The number of nitrogens with zero attached hydrogens (tertiary/aromatic N) is 1. The van der Waals surface area contributed by atoms with Crippen LogP contribution >= 0.6 is 0 Å². The van der Waals surface area contributed by atoms with E-state index in [1.54, 1.807) is 16.6 Å². The Hall–Kier alpha value is -0.850. The molecular weight excluding hydrogens is 286 g/mol. The minimum Gasteiger partial charge on any atom is -0.363 e. The molecule has 0 bridgehead atoms. The van der Waals surface area contributed by atoms with Crippen molar-refractivity contribution in [2.75, 3.05) is 19.6 Å². The first-order valence-corrected chi connectivity index (χ1v) is 9.17. The molecule has 0 radical (unpaired) electrons. The average Bonchev–Trinajstić information content (AvgIpc) is 2.87. The van der Waals surface area contributed by atoms with E-state index in [0.717, 1.165) is 31.5 Å². The van der Waals surface area contributed by atoms with Crippen molar-refractivity contribution in [3.63, 3.8) is 0 Å². The van der Waals surface area contributed by atoms with E-state index >= 15 is 0 Å². The first kappa shape index (κ1) is 16.5. The lowest BCUT2D eigenvalue weighted by atomic mass is 9.85. The van der Waals surface area contributed by atoms with Crippen LogP contribution in [0.5, 0.6) is 0 Å². The normalized spacial score (nSPS) is 19.8. The molecule has 1 saturated heterocycles. The number of sulfonamides is 1. The number of hydrogen-bond acceptors (Lipinski definition) is 3. The Kier molecular flexibility index (Phi) is 5.11. The van der Waals surface area contributed by atoms with Crippen LogP contribution in [0.3, 0.4) is 0 Å². The van der Waals surface area contributed by atoms with E-state index < -0.39 is 10.0 Å². The fourth-order valence-corrected chi connectivity index (χ4v) is 4.48. The Balaban J connectivity index is 2.09. The highest BCUT2D eigenvalue weighted by molar-refractivity contribution is 7.89. The van der Waals surface area contributed by atoms with Crippen molar-refractivity contribution in [2.24, 2.45) is 5.41 Å². The number of aromatic nitrogens is 1. The maximum Gasteiger partial charge on any atom is 0.244 e. The highest BCUT2D eigenvalue weighted by Gasteiger charge is 2.34. The molecule has 0 unspecified atom stereocenters. The van der Waals surface area contributed by atoms with Gasteiger partial charge in [0.25, 0.3) is 0 Å². The Morgan fingerprint density at radius 1 is 1.43 bits per heavy atom. The molecule has 0 spiro atoms. The molecule has 0 aromatic carbocycles. The van der Waals surface area contributed by atoms with E-state index in [0.29, 0.717) is 24.5 Å². The molecule has 1 fully saturated rings. The number of piperidine rings is 1. The average molecular weight is 313 g/mol. The third kappa shape index (κ3) is 4.08. The smallest absolute Gasteiger partial charge is 0.244 e. The van der Waals surface area contributed by atoms with Crippen molar-refractivity contribution in [2.45, 2.75) is 51.5 Å². The third-order valence-electron chi connectivity index (χ3n) is 3.96. The van der Waals surface area contributed by atoms with Crippen LogP contribution in [0, 0.1) is 5.41 Å². The molecule has 21 heavy (non-hydrogen) atoms. The molecule has 0 atom stereocenters. The molecular formula is C15H27N3O2S. The molecule has 2 N–H and O–H groups in total. The van der Waals surface area contributed by atoms with Gasteiger partial charge in [0.05, 0.1) is 4.90 Å². The van der Waals surface area contributed by atoms with Gasteiger partial charge in [-0.15, -0.1) is 0 Å². The van der Waals surface area contributed by atoms with Gasteiger partial charge in [0.2, 0.25) is 10.0 Å². The van der Waals surface area contributed by atoms with Crippen LogP contribution in [0.2, 0.25) is 0 Å². The second kappa shape index (κ2) is 6.50. The van der Waals surface area contributed by atoms with Crippen molar-refractivity contribution in [3.8, 4) is 0 Å². The zero-order chi connectivity index (χ0) is 15.5. The summed E-state index contributed by atoms with van der Waals surface area (Å²) in [5.74, 6) is 0. The van der Waals surface area contributed by atoms with E-state index in [9.17, 15) is 8.42 Å². The summed E-state index contributed by atoms with van der Waals surface area (Å²) in [7, 11) is -3.37. The minimum absolute atomic E-state index is 0.0626. The number of aromatic amines is 1. The number of hydrogen-bond donors (Lipinski definition) is 2. The molecule has 1 aromatic heterocycles. The summed E-state index contributed by atoms with van der Waals surface area (Å²) in [4.78, 5) is 3.45. The highest BCUT2D eigenvalue weighted by Crippen LogP contribution is 2.31. The summed E-state index contributed by atoms with van der Waals surface area (Å²) >= 11 is 0. The van der Waals surface area contributed by atoms with Crippen LogP contribution in [0.4, 0.5) is 0 Å². The number of H-pyrrole nitrogens is 1. The van der Waals surface area contributed by atoms with Crippen molar-refractivity contribution < 1.29 is 8.42 Å². The molecule has 2 heterocycles. The van der Waals surface area contributed by atoms with Crippen LogP contribution in [0.15, 0.2) is 17.2 Å². The van der Waals surface area contributed by atoms with Gasteiger partial charge in [0, 0.05) is 31.5 Å². The molecule has 0 aliphatic carbocycles. The SMILES string of the molecule is CCCNCc1cc(S(=O)(=O)N2CCCC(C)(C)C2)c[nH]1. The number of rotatable bonds is 6. The van der Waals surface area contributed by atoms with Gasteiger partial charge in [-0.25, -0.2) is 8.42 Å². The third-order valence-corrected chi connectivity index (χ3v) is 5.78. The predicted octanol–water partition coefficient (Wildman–Crippen LogP) is 2.32. The van der Waals surface area contributed by atoms with E-state index in [1.807, 2.05) is 0 Å². The quantitative estimate of drug-likeness (QED) is 0.792.